The van der Waals surface area contributed by atoms with Gasteiger partial charge in [0.2, 0.25) is 0 Å². The maximum atomic E-state index is 6.05. The number of rotatable bonds is 2. The minimum absolute atomic E-state index is 0.157. The first kappa shape index (κ1) is 12.6. The number of hydrogen-bond donors (Lipinski definition) is 1. The van der Waals surface area contributed by atoms with Crippen LogP contribution in [-0.4, -0.2) is 38.3 Å². The molecule has 1 unspecified atom stereocenters. The first-order chi connectivity index (χ1) is 8.10. The van der Waals surface area contributed by atoms with Crippen LogP contribution in [0.15, 0.2) is 18.2 Å². The van der Waals surface area contributed by atoms with E-state index in [-0.39, 0.29) is 5.54 Å². The molecule has 3 nitrogen and oxygen atoms in total. The Labute approximate surface area is 104 Å². The Hall–Kier alpha value is -0.900. The van der Waals surface area contributed by atoms with Crippen LogP contribution in [0.25, 0.3) is 0 Å². The van der Waals surface area contributed by atoms with Gasteiger partial charge in [0.25, 0.3) is 0 Å². The van der Waals surface area contributed by atoms with Crippen LogP contribution >= 0.6 is 0 Å². The van der Waals surface area contributed by atoms with Crippen LogP contribution in [0.1, 0.15) is 16.7 Å². The highest BCUT2D eigenvalue weighted by molar-refractivity contribution is 5.37. The largest absolute Gasteiger partial charge is 0.378 e. The van der Waals surface area contributed by atoms with Crippen molar-refractivity contribution in [2.24, 2.45) is 5.73 Å². The molecule has 1 aromatic rings. The minimum Gasteiger partial charge on any atom is -0.378 e. The predicted molar refractivity (Wildman–Crippen MR) is 70.1 cm³/mol. The summed E-state index contributed by atoms with van der Waals surface area (Å²) in [6.07, 6.45) is 0. The lowest BCUT2D eigenvalue weighted by Gasteiger charge is -2.45. The topological polar surface area (TPSA) is 38.5 Å². The van der Waals surface area contributed by atoms with Crippen molar-refractivity contribution in [2.45, 2.75) is 19.4 Å². The normalized spacial score (nSPS) is 26.1. The SMILES string of the molecule is Cc1ccc(C2(CN)COCCN2C)c(C)c1. The van der Waals surface area contributed by atoms with E-state index in [4.69, 9.17) is 10.5 Å². The Morgan fingerprint density at radius 2 is 2.18 bits per heavy atom. The van der Waals surface area contributed by atoms with Gasteiger partial charge in [0, 0.05) is 13.1 Å². The van der Waals surface area contributed by atoms with Crippen molar-refractivity contribution in [3.8, 4) is 0 Å². The van der Waals surface area contributed by atoms with Crippen LogP contribution in [0.4, 0.5) is 0 Å². The molecule has 2 N–H and O–H groups in total. The van der Waals surface area contributed by atoms with Crippen molar-refractivity contribution in [3.63, 3.8) is 0 Å². The van der Waals surface area contributed by atoms with Crippen molar-refractivity contribution < 1.29 is 4.74 Å². The summed E-state index contributed by atoms with van der Waals surface area (Å²) in [4.78, 5) is 2.33. The van der Waals surface area contributed by atoms with Crippen molar-refractivity contribution in [2.75, 3.05) is 33.4 Å². The lowest BCUT2D eigenvalue weighted by atomic mass is 9.84. The molecule has 94 valence electrons. The smallest absolute Gasteiger partial charge is 0.0821 e. The fourth-order valence-electron chi connectivity index (χ4n) is 2.71. The van der Waals surface area contributed by atoms with E-state index in [1.807, 2.05) is 0 Å². The van der Waals surface area contributed by atoms with Crippen molar-refractivity contribution in [3.05, 3.63) is 34.9 Å². The van der Waals surface area contributed by atoms with Crippen LogP contribution in [0.5, 0.6) is 0 Å². The summed E-state index contributed by atoms with van der Waals surface area (Å²) in [7, 11) is 2.13. The van der Waals surface area contributed by atoms with Gasteiger partial charge in [-0.1, -0.05) is 23.8 Å². The molecule has 0 radical (unpaired) electrons. The lowest BCUT2D eigenvalue weighted by Crippen LogP contribution is -2.57. The second-order valence-corrected chi connectivity index (χ2v) is 5.03. The van der Waals surface area contributed by atoms with Gasteiger partial charge in [-0.05, 0) is 32.0 Å². The summed E-state index contributed by atoms with van der Waals surface area (Å²) >= 11 is 0. The van der Waals surface area contributed by atoms with E-state index < -0.39 is 0 Å². The molecule has 1 aromatic carbocycles. The van der Waals surface area contributed by atoms with Crippen molar-refractivity contribution in [1.29, 1.82) is 0 Å². The maximum Gasteiger partial charge on any atom is 0.0821 e. The number of morpholine rings is 1. The number of likely N-dealkylation sites (N-methyl/N-ethyl adjacent to an activating group) is 1. The predicted octanol–water partition coefficient (Wildman–Crippen LogP) is 1.42. The van der Waals surface area contributed by atoms with Crippen LogP contribution < -0.4 is 5.73 Å². The van der Waals surface area contributed by atoms with Gasteiger partial charge in [-0.15, -0.1) is 0 Å². The molecule has 1 aliphatic rings. The van der Waals surface area contributed by atoms with E-state index in [0.717, 1.165) is 13.2 Å². The number of aryl methyl sites for hydroxylation is 2. The third-order valence-corrected chi connectivity index (χ3v) is 3.86. The monoisotopic (exact) mass is 234 g/mol. The molecule has 0 bridgehead atoms. The molecule has 1 heterocycles. The van der Waals surface area contributed by atoms with E-state index in [0.29, 0.717) is 13.2 Å². The maximum absolute atomic E-state index is 6.05. The van der Waals surface area contributed by atoms with Crippen molar-refractivity contribution >= 4 is 0 Å². The Bertz CT molecular complexity index is 405. The fourth-order valence-corrected chi connectivity index (χ4v) is 2.71. The van der Waals surface area contributed by atoms with E-state index in [1.54, 1.807) is 0 Å². The second-order valence-electron chi connectivity index (χ2n) is 5.03. The van der Waals surface area contributed by atoms with E-state index in [9.17, 15) is 0 Å². The standard InChI is InChI=1S/C14H22N2O/c1-11-4-5-13(12(2)8-11)14(9-15)10-17-7-6-16(14)3/h4-5,8H,6-7,9-10,15H2,1-3H3. The first-order valence-corrected chi connectivity index (χ1v) is 6.17. The minimum atomic E-state index is -0.157. The van der Waals surface area contributed by atoms with Gasteiger partial charge in [-0.3, -0.25) is 4.90 Å². The highest BCUT2D eigenvalue weighted by Crippen LogP contribution is 2.32. The molecular formula is C14H22N2O. The Kier molecular flexibility index (Phi) is 3.52. The van der Waals surface area contributed by atoms with Crippen molar-refractivity contribution in [1.82, 2.24) is 4.90 Å². The summed E-state index contributed by atoms with van der Waals surface area (Å²) in [5.41, 5.74) is 9.78. The third kappa shape index (κ3) is 2.10. The van der Waals surface area contributed by atoms with E-state index in [1.165, 1.54) is 16.7 Å². The molecule has 0 spiro atoms. The summed E-state index contributed by atoms with van der Waals surface area (Å²) in [6.45, 7) is 7.28. The van der Waals surface area contributed by atoms with Crippen LogP contribution in [0.2, 0.25) is 0 Å². The Balaban J connectivity index is 2.46. The Morgan fingerprint density at radius 3 is 2.76 bits per heavy atom. The summed E-state index contributed by atoms with van der Waals surface area (Å²) in [5.74, 6) is 0. The fraction of sp³-hybridized carbons (Fsp3) is 0.571. The first-order valence-electron chi connectivity index (χ1n) is 6.17. The van der Waals surface area contributed by atoms with Gasteiger partial charge >= 0.3 is 0 Å². The highest BCUT2D eigenvalue weighted by Gasteiger charge is 2.38. The highest BCUT2D eigenvalue weighted by atomic mass is 16.5. The molecule has 1 saturated heterocycles. The zero-order valence-corrected chi connectivity index (χ0v) is 11.0. The average Bonchev–Trinajstić information content (AvgIpc) is 2.31. The quantitative estimate of drug-likeness (QED) is 0.841. The summed E-state index contributed by atoms with van der Waals surface area (Å²) < 4.78 is 5.66. The molecule has 1 fully saturated rings. The van der Waals surface area contributed by atoms with Gasteiger partial charge in [0.15, 0.2) is 0 Å². The molecule has 0 saturated carbocycles. The number of ether oxygens (including phenoxy) is 1. The number of benzene rings is 1. The van der Waals surface area contributed by atoms with E-state index >= 15 is 0 Å². The van der Waals surface area contributed by atoms with Gasteiger partial charge in [0.1, 0.15) is 0 Å². The zero-order valence-electron chi connectivity index (χ0n) is 11.0. The van der Waals surface area contributed by atoms with Gasteiger partial charge in [0.05, 0.1) is 18.8 Å². The molecule has 1 aliphatic heterocycles. The lowest BCUT2D eigenvalue weighted by molar-refractivity contribution is -0.0552. The summed E-state index contributed by atoms with van der Waals surface area (Å²) in [5, 5.41) is 0. The second kappa shape index (κ2) is 4.77. The number of nitrogens with two attached hydrogens (primary N) is 1. The zero-order chi connectivity index (χ0) is 12.5. The average molecular weight is 234 g/mol. The summed E-state index contributed by atoms with van der Waals surface area (Å²) in [6, 6.07) is 6.57. The molecule has 2 rings (SSSR count). The van der Waals surface area contributed by atoms with Gasteiger partial charge in [-0.25, -0.2) is 0 Å². The van der Waals surface area contributed by atoms with Crippen LogP contribution in [0, 0.1) is 13.8 Å². The van der Waals surface area contributed by atoms with E-state index in [2.05, 4.69) is 44.0 Å². The van der Waals surface area contributed by atoms with Crippen LogP contribution in [-0.2, 0) is 10.3 Å². The Morgan fingerprint density at radius 1 is 1.41 bits per heavy atom. The number of nitrogens with zero attached hydrogens (tertiary/aromatic N) is 1. The third-order valence-electron chi connectivity index (χ3n) is 3.86. The molecule has 1 atom stereocenters. The van der Waals surface area contributed by atoms with Gasteiger partial charge < -0.3 is 10.5 Å². The molecule has 0 amide bonds. The molecule has 0 aliphatic carbocycles. The molecule has 17 heavy (non-hydrogen) atoms. The number of hydrogen-bond acceptors (Lipinski definition) is 3. The van der Waals surface area contributed by atoms with Crippen LogP contribution in [0.3, 0.4) is 0 Å². The molecule has 3 heteroatoms. The van der Waals surface area contributed by atoms with Gasteiger partial charge in [-0.2, -0.15) is 0 Å². The molecule has 0 aromatic heterocycles. The molecular weight excluding hydrogens is 212 g/mol.